The van der Waals surface area contributed by atoms with Crippen LogP contribution in [0.4, 0.5) is 18.9 Å². The van der Waals surface area contributed by atoms with Crippen molar-refractivity contribution in [3.63, 3.8) is 0 Å². The molecular formula is C12H17F3N2O. The maximum atomic E-state index is 12.4. The number of alkyl halides is 3. The quantitative estimate of drug-likeness (QED) is 0.797. The molecule has 0 spiro atoms. The second kappa shape index (κ2) is 6.06. The van der Waals surface area contributed by atoms with E-state index in [2.05, 4.69) is 0 Å². The van der Waals surface area contributed by atoms with Crippen molar-refractivity contribution >= 4 is 5.69 Å². The summed E-state index contributed by atoms with van der Waals surface area (Å²) in [5.41, 5.74) is 7.79. The van der Waals surface area contributed by atoms with Crippen molar-refractivity contribution in [1.82, 2.24) is 4.90 Å². The molecule has 0 bridgehead atoms. The van der Waals surface area contributed by atoms with Gasteiger partial charge in [0.15, 0.2) is 0 Å². The van der Waals surface area contributed by atoms with Crippen molar-refractivity contribution in [2.45, 2.75) is 19.6 Å². The minimum Gasteiger partial charge on any atom is -0.399 e. The Bertz CT molecular complexity index is 393. The number of nitrogens with two attached hydrogens (primary N) is 1. The van der Waals surface area contributed by atoms with E-state index in [4.69, 9.17) is 10.8 Å². The normalized spacial score (nSPS) is 12.1. The Hall–Kier alpha value is -1.27. The minimum absolute atomic E-state index is 0.0201. The SMILES string of the molecule is Cc1c(N)cccc1CN(CCO)CC(F)(F)F. The fraction of sp³-hybridized carbons (Fsp3) is 0.500. The molecule has 3 N–H and O–H groups in total. The largest absolute Gasteiger partial charge is 0.401 e. The monoisotopic (exact) mass is 262 g/mol. The number of aliphatic hydroxyl groups is 1. The van der Waals surface area contributed by atoms with Gasteiger partial charge in [0.1, 0.15) is 0 Å². The maximum Gasteiger partial charge on any atom is 0.401 e. The molecule has 0 aliphatic carbocycles. The van der Waals surface area contributed by atoms with Crippen molar-refractivity contribution in [3.05, 3.63) is 29.3 Å². The molecule has 0 aliphatic heterocycles. The Morgan fingerprint density at radius 2 is 2.00 bits per heavy atom. The third kappa shape index (κ3) is 4.54. The molecule has 0 saturated carbocycles. The Morgan fingerprint density at radius 3 is 2.56 bits per heavy atom. The predicted octanol–water partition coefficient (Wildman–Crippen LogP) is 1.93. The lowest BCUT2D eigenvalue weighted by Gasteiger charge is -2.23. The molecule has 0 amide bonds. The van der Waals surface area contributed by atoms with E-state index in [1.807, 2.05) is 0 Å². The van der Waals surface area contributed by atoms with Gasteiger partial charge in [-0.15, -0.1) is 0 Å². The number of hydrogen-bond donors (Lipinski definition) is 2. The Balaban J connectivity index is 2.80. The first-order valence-electron chi connectivity index (χ1n) is 5.57. The van der Waals surface area contributed by atoms with Crippen molar-refractivity contribution in [2.24, 2.45) is 0 Å². The fourth-order valence-corrected chi connectivity index (χ4v) is 1.72. The molecule has 1 rings (SSSR count). The highest BCUT2D eigenvalue weighted by atomic mass is 19.4. The number of hydrogen-bond acceptors (Lipinski definition) is 3. The van der Waals surface area contributed by atoms with E-state index in [-0.39, 0.29) is 19.7 Å². The van der Waals surface area contributed by atoms with Crippen LogP contribution in [0.5, 0.6) is 0 Å². The average Bonchev–Trinajstić information content (AvgIpc) is 2.23. The van der Waals surface area contributed by atoms with Crippen molar-refractivity contribution in [1.29, 1.82) is 0 Å². The van der Waals surface area contributed by atoms with Gasteiger partial charge in [-0.1, -0.05) is 12.1 Å². The Morgan fingerprint density at radius 1 is 1.33 bits per heavy atom. The van der Waals surface area contributed by atoms with Gasteiger partial charge < -0.3 is 10.8 Å². The molecule has 102 valence electrons. The second-order valence-electron chi connectivity index (χ2n) is 4.18. The summed E-state index contributed by atoms with van der Waals surface area (Å²) in [6.07, 6.45) is -4.27. The Labute approximate surface area is 104 Å². The van der Waals surface area contributed by atoms with E-state index in [1.54, 1.807) is 25.1 Å². The molecule has 0 fully saturated rings. The molecule has 0 aliphatic rings. The van der Waals surface area contributed by atoms with Gasteiger partial charge in [0.25, 0.3) is 0 Å². The van der Waals surface area contributed by atoms with Crippen LogP contribution in [0.1, 0.15) is 11.1 Å². The zero-order valence-corrected chi connectivity index (χ0v) is 10.2. The zero-order chi connectivity index (χ0) is 13.8. The molecule has 0 unspecified atom stereocenters. The zero-order valence-electron chi connectivity index (χ0n) is 10.2. The van der Waals surface area contributed by atoms with E-state index >= 15 is 0 Å². The average molecular weight is 262 g/mol. The summed E-state index contributed by atoms with van der Waals surface area (Å²) >= 11 is 0. The van der Waals surface area contributed by atoms with Gasteiger partial charge in [0.05, 0.1) is 13.2 Å². The lowest BCUT2D eigenvalue weighted by atomic mass is 10.1. The highest BCUT2D eigenvalue weighted by Gasteiger charge is 2.30. The number of halogens is 3. The van der Waals surface area contributed by atoms with Crippen LogP contribution in [-0.4, -0.2) is 35.9 Å². The van der Waals surface area contributed by atoms with E-state index in [0.717, 1.165) is 16.0 Å². The van der Waals surface area contributed by atoms with E-state index in [9.17, 15) is 13.2 Å². The molecule has 0 radical (unpaired) electrons. The van der Waals surface area contributed by atoms with Crippen molar-refractivity contribution in [3.8, 4) is 0 Å². The van der Waals surface area contributed by atoms with Gasteiger partial charge in [0.2, 0.25) is 0 Å². The van der Waals surface area contributed by atoms with Crippen LogP contribution in [-0.2, 0) is 6.54 Å². The summed E-state index contributed by atoms with van der Waals surface area (Å²) in [6.45, 7) is 0.527. The van der Waals surface area contributed by atoms with Gasteiger partial charge in [-0.2, -0.15) is 13.2 Å². The molecule has 1 aromatic rings. The number of rotatable bonds is 5. The maximum absolute atomic E-state index is 12.4. The number of nitrogens with zero attached hydrogens (tertiary/aromatic N) is 1. The van der Waals surface area contributed by atoms with E-state index in [0.29, 0.717) is 5.69 Å². The summed E-state index contributed by atoms with van der Waals surface area (Å²) in [6, 6.07) is 5.16. The Kier molecular flexibility index (Phi) is 4.98. The molecule has 0 saturated heterocycles. The molecule has 6 heteroatoms. The lowest BCUT2D eigenvalue weighted by molar-refractivity contribution is -0.148. The first kappa shape index (κ1) is 14.8. The third-order valence-corrected chi connectivity index (χ3v) is 2.70. The van der Waals surface area contributed by atoms with Crippen LogP contribution in [0, 0.1) is 6.92 Å². The summed E-state index contributed by atoms with van der Waals surface area (Å²) in [5, 5.41) is 8.80. The van der Waals surface area contributed by atoms with Crippen LogP contribution in [0.3, 0.4) is 0 Å². The smallest absolute Gasteiger partial charge is 0.399 e. The molecule has 0 atom stereocenters. The first-order valence-corrected chi connectivity index (χ1v) is 5.57. The summed E-state index contributed by atoms with van der Waals surface area (Å²) < 4.78 is 37.1. The number of nitrogen functional groups attached to an aromatic ring is 1. The molecule has 0 heterocycles. The van der Waals surface area contributed by atoms with E-state index in [1.165, 1.54) is 0 Å². The summed E-state index contributed by atoms with van der Waals surface area (Å²) in [4.78, 5) is 1.15. The van der Waals surface area contributed by atoms with Gasteiger partial charge in [0, 0.05) is 18.8 Å². The standard InChI is InChI=1S/C12H17F3N2O/c1-9-10(3-2-4-11(9)16)7-17(5-6-18)8-12(13,14)15/h2-4,18H,5-8,16H2,1H3. The number of aliphatic hydroxyl groups excluding tert-OH is 1. The molecule has 0 aromatic heterocycles. The molecule has 1 aromatic carbocycles. The molecule has 18 heavy (non-hydrogen) atoms. The van der Waals surface area contributed by atoms with Gasteiger partial charge in [-0.05, 0) is 24.1 Å². The highest BCUT2D eigenvalue weighted by molar-refractivity contribution is 5.49. The first-order chi connectivity index (χ1) is 8.33. The van der Waals surface area contributed by atoms with Crippen LogP contribution in [0.25, 0.3) is 0 Å². The van der Waals surface area contributed by atoms with Crippen LogP contribution < -0.4 is 5.73 Å². The van der Waals surface area contributed by atoms with Gasteiger partial charge in [-0.3, -0.25) is 4.90 Å². The highest BCUT2D eigenvalue weighted by Crippen LogP contribution is 2.21. The number of anilines is 1. The van der Waals surface area contributed by atoms with Gasteiger partial charge >= 0.3 is 6.18 Å². The summed E-state index contributed by atoms with van der Waals surface area (Å²) in [5.74, 6) is 0. The topological polar surface area (TPSA) is 49.5 Å². The van der Waals surface area contributed by atoms with Crippen LogP contribution >= 0.6 is 0 Å². The van der Waals surface area contributed by atoms with Crippen LogP contribution in [0.2, 0.25) is 0 Å². The molecular weight excluding hydrogens is 245 g/mol. The van der Waals surface area contributed by atoms with Gasteiger partial charge in [-0.25, -0.2) is 0 Å². The van der Waals surface area contributed by atoms with Crippen LogP contribution in [0.15, 0.2) is 18.2 Å². The second-order valence-corrected chi connectivity index (χ2v) is 4.18. The fourth-order valence-electron chi connectivity index (χ4n) is 1.72. The summed E-state index contributed by atoms with van der Waals surface area (Å²) in [7, 11) is 0. The number of benzene rings is 1. The molecule has 3 nitrogen and oxygen atoms in total. The lowest BCUT2D eigenvalue weighted by Crippen LogP contribution is -2.35. The van der Waals surface area contributed by atoms with Crippen molar-refractivity contribution < 1.29 is 18.3 Å². The minimum atomic E-state index is -4.27. The third-order valence-electron chi connectivity index (χ3n) is 2.70. The van der Waals surface area contributed by atoms with E-state index < -0.39 is 12.7 Å². The van der Waals surface area contributed by atoms with Crippen molar-refractivity contribution in [2.75, 3.05) is 25.4 Å². The predicted molar refractivity (Wildman–Crippen MR) is 64.0 cm³/mol.